The highest BCUT2D eigenvalue weighted by Crippen LogP contribution is 2.18. The number of methoxy groups -OCH3 is 1. The number of hydrogen-bond donors (Lipinski definition) is 1. The lowest BCUT2D eigenvalue weighted by Crippen LogP contribution is -2.38. The molecule has 2 aromatic carbocycles. The van der Waals surface area contributed by atoms with Crippen molar-refractivity contribution in [2.24, 2.45) is 0 Å². The van der Waals surface area contributed by atoms with Crippen molar-refractivity contribution in [1.29, 1.82) is 0 Å². The molecule has 0 aromatic heterocycles. The third-order valence-electron chi connectivity index (χ3n) is 4.74. The number of nitrogens with one attached hydrogen (secondary N) is 1. The normalized spacial score (nSPS) is 12.7. The molecule has 0 aliphatic carbocycles. The van der Waals surface area contributed by atoms with Crippen LogP contribution in [0.5, 0.6) is 5.75 Å². The van der Waals surface area contributed by atoms with Crippen molar-refractivity contribution >= 4 is 11.9 Å². The van der Waals surface area contributed by atoms with E-state index in [9.17, 15) is 9.59 Å². The maximum atomic E-state index is 12.3. The summed E-state index contributed by atoms with van der Waals surface area (Å²) < 4.78 is 10.4. The number of rotatable bonds is 10. The number of carbonyl (C=O) groups is 2. The minimum atomic E-state index is -0.809. The maximum absolute atomic E-state index is 12.3. The van der Waals surface area contributed by atoms with Crippen LogP contribution in [0.1, 0.15) is 43.7 Å². The summed E-state index contributed by atoms with van der Waals surface area (Å²) in [4.78, 5) is 24.3. The minimum absolute atomic E-state index is 0.228. The Bertz CT molecular complexity index is 743. The van der Waals surface area contributed by atoms with Crippen LogP contribution >= 0.6 is 0 Å². The molecular weight excluding hydrogens is 354 g/mol. The van der Waals surface area contributed by atoms with Crippen LogP contribution in [-0.4, -0.2) is 31.6 Å². The second-order valence-corrected chi connectivity index (χ2v) is 6.74. The first kappa shape index (κ1) is 21.5. The molecular formula is C23H29NO4. The van der Waals surface area contributed by atoms with E-state index >= 15 is 0 Å². The molecule has 0 unspecified atom stereocenters. The van der Waals surface area contributed by atoms with Crippen molar-refractivity contribution in [2.75, 3.05) is 13.7 Å². The van der Waals surface area contributed by atoms with E-state index in [0.29, 0.717) is 13.0 Å². The maximum Gasteiger partial charge on any atom is 0.306 e. The van der Waals surface area contributed by atoms with Crippen molar-refractivity contribution in [1.82, 2.24) is 5.32 Å². The lowest BCUT2D eigenvalue weighted by atomic mass is 9.96. The molecule has 0 bridgehead atoms. The summed E-state index contributed by atoms with van der Waals surface area (Å²) in [5.74, 6) is 0.362. The Labute approximate surface area is 167 Å². The van der Waals surface area contributed by atoms with Crippen molar-refractivity contribution in [2.45, 2.75) is 45.1 Å². The van der Waals surface area contributed by atoms with Gasteiger partial charge in [-0.15, -0.1) is 0 Å². The van der Waals surface area contributed by atoms with Gasteiger partial charge in [-0.25, -0.2) is 0 Å². The van der Waals surface area contributed by atoms with Crippen LogP contribution in [0.2, 0.25) is 0 Å². The molecule has 150 valence electrons. The van der Waals surface area contributed by atoms with Gasteiger partial charge in [0.1, 0.15) is 5.75 Å². The van der Waals surface area contributed by atoms with Gasteiger partial charge in [0.25, 0.3) is 5.91 Å². The van der Waals surface area contributed by atoms with Gasteiger partial charge in [0.05, 0.1) is 7.11 Å². The highest BCUT2D eigenvalue weighted by Gasteiger charge is 2.19. The first-order valence-electron chi connectivity index (χ1n) is 9.68. The molecule has 1 N–H and O–H groups in total. The fourth-order valence-electron chi connectivity index (χ4n) is 2.94. The fraction of sp³-hybridized carbons (Fsp3) is 0.391. The second-order valence-electron chi connectivity index (χ2n) is 6.74. The van der Waals surface area contributed by atoms with Crippen LogP contribution in [0.4, 0.5) is 0 Å². The highest BCUT2D eigenvalue weighted by atomic mass is 16.5. The predicted molar refractivity (Wildman–Crippen MR) is 109 cm³/mol. The number of ether oxygens (including phenoxy) is 2. The molecule has 0 aliphatic rings. The van der Waals surface area contributed by atoms with Gasteiger partial charge in [-0.1, -0.05) is 49.4 Å². The molecule has 5 nitrogen and oxygen atoms in total. The summed E-state index contributed by atoms with van der Waals surface area (Å²) in [6.07, 6.45) is 0.895. The number of benzene rings is 2. The highest BCUT2D eigenvalue weighted by molar-refractivity contribution is 5.83. The number of esters is 1. The van der Waals surface area contributed by atoms with Crippen molar-refractivity contribution in [3.8, 4) is 5.75 Å². The van der Waals surface area contributed by atoms with E-state index in [0.717, 1.165) is 17.7 Å². The van der Waals surface area contributed by atoms with E-state index in [1.54, 1.807) is 14.0 Å². The Balaban J connectivity index is 1.75. The molecule has 0 heterocycles. The summed E-state index contributed by atoms with van der Waals surface area (Å²) in [6, 6.07) is 17.6. The first-order valence-corrected chi connectivity index (χ1v) is 9.68. The molecule has 2 rings (SSSR count). The Morgan fingerprint density at radius 1 is 1.04 bits per heavy atom. The van der Waals surface area contributed by atoms with Crippen molar-refractivity contribution in [3.63, 3.8) is 0 Å². The SMILES string of the molecule is CC[C@H](CNC(=O)[C@H](C)OC(=O)CCc1ccc(OC)cc1)c1ccccc1. The van der Waals surface area contributed by atoms with Gasteiger partial charge in [0.15, 0.2) is 6.10 Å². The van der Waals surface area contributed by atoms with E-state index in [2.05, 4.69) is 24.4 Å². The van der Waals surface area contributed by atoms with Crippen LogP contribution < -0.4 is 10.1 Å². The van der Waals surface area contributed by atoms with Crippen molar-refractivity contribution in [3.05, 3.63) is 65.7 Å². The fourth-order valence-corrected chi connectivity index (χ4v) is 2.94. The Morgan fingerprint density at radius 3 is 2.32 bits per heavy atom. The molecule has 0 spiro atoms. The van der Waals surface area contributed by atoms with Crippen LogP contribution in [0.15, 0.2) is 54.6 Å². The lowest BCUT2D eigenvalue weighted by Gasteiger charge is -2.18. The predicted octanol–water partition coefficient (Wildman–Crippen LogP) is 3.87. The van der Waals surface area contributed by atoms with Gasteiger partial charge in [0, 0.05) is 18.9 Å². The van der Waals surface area contributed by atoms with Gasteiger partial charge < -0.3 is 14.8 Å². The number of carbonyl (C=O) groups excluding carboxylic acids is 2. The van der Waals surface area contributed by atoms with Gasteiger partial charge in [-0.05, 0) is 43.0 Å². The molecule has 0 saturated heterocycles. The molecule has 1 amide bonds. The molecule has 2 aromatic rings. The minimum Gasteiger partial charge on any atom is -0.497 e. The summed E-state index contributed by atoms with van der Waals surface area (Å²) >= 11 is 0. The largest absolute Gasteiger partial charge is 0.497 e. The zero-order valence-electron chi connectivity index (χ0n) is 16.8. The summed E-state index contributed by atoms with van der Waals surface area (Å²) in [5.41, 5.74) is 2.21. The van der Waals surface area contributed by atoms with Crippen LogP contribution in [0.3, 0.4) is 0 Å². The average Bonchev–Trinajstić information content (AvgIpc) is 2.73. The molecule has 0 fully saturated rings. The van der Waals surface area contributed by atoms with Gasteiger partial charge in [-0.3, -0.25) is 9.59 Å². The standard InChI is InChI=1S/C23H29NO4/c1-4-19(20-8-6-5-7-9-20)16-24-23(26)17(2)28-22(25)15-12-18-10-13-21(27-3)14-11-18/h5-11,13-14,17,19H,4,12,15-16H2,1-3H3,(H,24,26)/t17-,19+/m0/s1. The van der Waals surface area contributed by atoms with E-state index in [1.807, 2.05) is 42.5 Å². The average molecular weight is 383 g/mol. The molecule has 2 atom stereocenters. The van der Waals surface area contributed by atoms with Crippen molar-refractivity contribution < 1.29 is 19.1 Å². The molecule has 0 saturated carbocycles. The van der Waals surface area contributed by atoms with Crippen LogP contribution in [-0.2, 0) is 20.7 Å². The van der Waals surface area contributed by atoms with E-state index in [1.165, 1.54) is 5.56 Å². The lowest BCUT2D eigenvalue weighted by molar-refractivity contribution is -0.154. The van der Waals surface area contributed by atoms with E-state index in [4.69, 9.17) is 9.47 Å². The molecule has 28 heavy (non-hydrogen) atoms. The topological polar surface area (TPSA) is 64.6 Å². The summed E-state index contributed by atoms with van der Waals surface area (Å²) in [7, 11) is 1.61. The van der Waals surface area contributed by atoms with Gasteiger partial charge in [0.2, 0.25) is 0 Å². The Kier molecular flexibility index (Phi) is 8.53. The Morgan fingerprint density at radius 2 is 1.71 bits per heavy atom. The Hall–Kier alpha value is -2.82. The molecule has 5 heteroatoms. The smallest absolute Gasteiger partial charge is 0.306 e. The zero-order valence-corrected chi connectivity index (χ0v) is 16.8. The zero-order chi connectivity index (χ0) is 20.4. The monoisotopic (exact) mass is 383 g/mol. The summed E-state index contributed by atoms with van der Waals surface area (Å²) in [5, 5.41) is 2.89. The van der Waals surface area contributed by atoms with E-state index < -0.39 is 6.10 Å². The summed E-state index contributed by atoms with van der Waals surface area (Å²) in [6.45, 7) is 4.21. The third kappa shape index (κ3) is 6.72. The van der Waals surface area contributed by atoms with Crippen LogP contribution in [0, 0.1) is 0 Å². The second kappa shape index (κ2) is 11.1. The third-order valence-corrected chi connectivity index (χ3v) is 4.74. The van der Waals surface area contributed by atoms with Gasteiger partial charge >= 0.3 is 5.97 Å². The van der Waals surface area contributed by atoms with Gasteiger partial charge in [-0.2, -0.15) is 0 Å². The molecule has 0 radical (unpaired) electrons. The quantitative estimate of drug-likeness (QED) is 0.633. The van der Waals surface area contributed by atoms with Crippen LogP contribution in [0.25, 0.3) is 0 Å². The number of hydrogen-bond acceptors (Lipinski definition) is 4. The first-order chi connectivity index (χ1) is 13.5. The number of amides is 1. The molecule has 0 aliphatic heterocycles. The number of aryl methyl sites for hydroxylation is 1. The van der Waals surface area contributed by atoms with E-state index in [-0.39, 0.29) is 24.2 Å².